The third-order valence-electron chi connectivity index (χ3n) is 1.71. The fourth-order valence-electron chi connectivity index (χ4n) is 1.07. The summed E-state index contributed by atoms with van der Waals surface area (Å²) in [4.78, 5) is 0. The van der Waals surface area contributed by atoms with E-state index in [1.165, 1.54) is 6.07 Å². The second-order valence-electron chi connectivity index (χ2n) is 2.88. The number of hydrogen-bond donors (Lipinski definition) is 0. The zero-order chi connectivity index (χ0) is 11.5. The molecule has 0 saturated carbocycles. The lowest BCUT2D eigenvalue weighted by Gasteiger charge is -2.06. The van der Waals surface area contributed by atoms with Crippen molar-refractivity contribution in [3.05, 3.63) is 44.2 Å². The van der Waals surface area contributed by atoms with Gasteiger partial charge in [0.2, 0.25) is 0 Å². The summed E-state index contributed by atoms with van der Waals surface area (Å²) in [5, 5.41) is 7.68. The van der Waals surface area contributed by atoms with Crippen LogP contribution in [0.25, 0.3) is 0 Å². The summed E-state index contributed by atoms with van der Waals surface area (Å²) >= 11 is 13.7. The van der Waals surface area contributed by atoms with Crippen LogP contribution in [0.15, 0.2) is 30.3 Å². The largest absolute Gasteiger partial charge is 0.454 e. The van der Waals surface area contributed by atoms with E-state index in [0.29, 0.717) is 11.5 Å². The van der Waals surface area contributed by atoms with Crippen molar-refractivity contribution in [2.45, 2.75) is 0 Å². The Morgan fingerprint density at radius 2 is 1.94 bits per heavy atom. The average Bonchev–Trinajstić information content (AvgIpc) is 2.24. The molecule has 0 unspecified atom stereocenters. The first-order valence-electron chi connectivity index (χ1n) is 4.27. The lowest BCUT2D eigenvalue weighted by atomic mass is 10.3. The zero-order valence-corrected chi connectivity index (χ0v) is 11.5. The van der Waals surface area contributed by atoms with E-state index in [-0.39, 0.29) is 10.3 Å². The van der Waals surface area contributed by atoms with E-state index in [1.807, 2.05) is 24.3 Å². The van der Waals surface area contributed by atoms with Gasteiger partial charge >= 0.3 is 0 Å². The molecule has 0 spiro atoms. The molecular weight excluding hydrogens is 362 g/mol. The second kappa shape index (κ2) is 5.16. The van der Waals surface area contributed by atoms with Gasteiger partial charge in [0.25, 0.3) is 0 Å². The molecule has 82 valence electrons. The van der Waals surface area contributed by atoms with E-state index in [1.54, 1.807) is 0 Å². The van der Waals surface area contributed by atoms with Gasteiger partial charge in [0.05, 0.1) is 0 Å². The number of halogens is 3. The minimum Gasteiger partial charge on any atom is -0.454 e. The second-order valence-corrected chi connectivity index (χ2v) is 4.87. The molecule has 0 saturated heterocycles. The molecule has 6 heteroatoms. The Labute approximate surface area is 116 Å². The van der Waals surface area contributed by atoms with Crippen molar-refractivity contribution in [3.63, 3.8) is 0 Å². The molecule has 0 aliphatic rings. The molecule has 0 atom stereocenters. The summed E-state index contributed by atoms with van der Waals surface area (Å²) in [5.74, 6) is 1.07. The van der Waals surface area contributed by atoms with Gasteiger partial charge in [0.1, 0.15) is 5.75 Å². The van der Waals surface area contributed by atoms with E-state index in [2.05, 4.69) is 32.8 Å². The molecule has 2 aromatic rings. The Balaban J connectivity index is 2.30. The predicted octanol–water partition coefficient (Wildman–Crippen LogP) is 4.18. The van der Waals surface area contributed by atoms with Gasteiger partial charge in [-0.2, -0.15) is 0 Å². The molecule has 1 aromatic carbocycles. The van der Waals surface area contributed by atoms with Crippen molar-refractivity contribution in [2.24, 2.45) is 0 Å². The van der Waals surface area contributed by atoms with Crippen molar-refractivity contribution < 1.29 is 4.74 Å². The summed E-state index contributed by atoms with van der Waals surface area (Å²) in [6.45, 7) is 0. The molecule has 0 aliphatic heterocycles. The van der Waals surface area contributed by atoms with Gasteiger partial charge in [-0.05, 0) is 40.8 Å². The number of ether oxygens (including phenoxy) is 1. The van der Waals surface area contributed by atoms with Crippen LogP contribution in [0.5, 0.6) is 11.5 Å². The first-order chi connectivity index (χ1) is 7.65. The minimum absolute atomic E-state index is 0.184. The molecule has 0 N–H and O–H groups in total. The molecule has 0 fully saturated rings. The van der Waals surface area contributed by atoms with Crippen LogP contribution in [0.3, 0.4) is 0 Å². The monoisotopic (exact) mass is 366 g/mol. The van der Waals surface area contributed by atoms with Crippen LogP contribution in [0.2, 0.25) is 10.3 Å². The highest BCUT2D eigenvalue weighted by Gasteiger charge is 2.06. The van der Waals surface area contributed by atoms with Crippen molar-refractivity contribution in [1.82, 2.24) is 10.2 Å². The Kier molecular flexibility index (Phi) is 3.83. The molecule has 16 heavy (non-hydrogen) atoms. The minimum atomic E-state index is 0.184. The highest BCUT2D eigenvalue weighted by Crippen LogP contribution is 2.29. The number of nitrogens with zero attached hydrogens (tertiary/aromatic N) is 2. The summed E-state index contributed by atoms with van der Waals surface area (Å²) in [6, 6.07) is 9.09. The maximum atomic E-state index is 5.83. The SMILES string of the molecule is Clc1cc(Oc2cccc(I)c2)c(Cl)nn1. The van der Waals surface area contributed by atoms with Crippen LogP contribution in [-0.4, -0.2) is 10.2 Å². The first kappa shape index (κ1) is 11.9. The van der Waals surface area contributed by atoms with Crippen LogP contribution in [0.4, 0.5) is 0 Å². The fraction of sp³-hybridized carbons (Fsp3) is 0. The highest BCUT2D eigenvalue weighted by molar-refractivity contribution is 14.1. The Hall–Kier alpha value is -0.590. The van der Waals surface area contributed by atoms with Crippen molar-refractivity contribution in [1.29, 1.82) is 0 Å². The lowest BCUT2D eigenvalue weighted by Crippen LogP contribution is -1.90. The first-order valence-corrected chi connectivity index (χ1v) is 6.11. The Bertz CT molecular complexity index is 522. The third kappa shape index (κ3) is 2.96. The van der Waals surface area contributed by atoms with Crippen molar-refractivity contribution in [2.75, 3.05) is 0 Å². The maximum absolute atomic E-state index is 5.83. The molecule has 0 aliphatic carbocycles. The summed E-state index contributed by atoms with van der Waals surface area (Å²) < 4.78 is 6.62. The van der Waals surface area contributed by atoms with E-state index in [9.17, 15) is 0 Å². The average molecular weight is 367 g/mol. The van der Waals surface area contributed by atoms with Crippen molar-refractivity contribution >= 4 is 45.8 Å². The lowest BCUT2D eigenvalue weighted by molar-refractivity contribution is 0.478. The molecule has 1 aromatic heterocycles. The topological polar surface area (TPSA) is 35.0 Å². The zero-order valence-electron chi connectivity index (χ0n) is 7.82. The molecule has 2 rings (SSSR count). The van der Waals surface area contributed by atoms with Crippen molar-refractivity contribution in [3.8, 4) is 11.5 Å². The maximum Gasteiger partial charge on any atom is 0.194 e. The van der Waals surface area contributed by atoms with Gasteiger partial charge in [-0.15, -0.1) is 10.2 Å². The van der Waals surface area contributed by atoms with Crippen LogP contribution < -0.4 is 4.74 Å². The normalized spacial score (nSPS) is 10.2. The Morgan fingerprint density at radius 3 is 2.69 bits per heavy atom. The van der Waals surface area contributed by atoms with Gasteiger partial charge in [0, 0.05) is 9.64 Å². The highest BCUT2D eigenvalue weighted by atomic mass is 127. The summed E-state index contributed by atoms with van der Waals surface area (Å²) in [7, 11) is 0. The molecule has 3 nitrogen and oxygen atoms in total. The van der Waals surface area contributed by atoms with Crippen LogP contribution in [-0.2, 0) is 0 Å². The quantitative estimate of drug-likeness (QED) is 0.748. The van der Waals surface area contributed by atoms with Gasteiger partial charge in [-0.1, -0.05) is 29.3 Å². The summed E-state index contributed by atoms with van der Waals surface area (Å²) in [6.07, 6.45) is 0. The molecule has 0 bridgehead atoms. The summed E-state index contributed by atoms with van der Waals surface area (Å²) in [5.41, 5.74) is 0. The molecule has 0 amide bonds. The van der Waals surface area contributed by atoms with Crippen LogP contribution >= 0.6 is 45.8 Å². The number of hydrogen-bond acceptors (Lipinski definition) is 3. The van der Waals surface area contributed by atoms with Gasteiger partial charge in [0.15, 0.2) is 16.1 Å². The Morgan fingerprint density at radius 1 is 1.12 bits per heavy atom. The third-order valence-corrected chi connectivity index (χ3v) is 2.83. The van der Waals surface area contributed by atoms with E-state index >= 15 is 0 Å². The van der Waals surface area contributed by atoms with Crippen LogP contribution in [0.1, 0.15) is 0 Å². The van der Waals surface area contributed by atoms with E-state index in [0.717, 1.165) is 3.57 Å². The number of benzene rings is 1. The predicted molar refractivity (Wildman–Crippen MR) is 71.3 cm³/mol. The molecular formula is C10H5Cl2IN2O. The standard InChI is InChI=1S/C10H5Cl2IN2O/c11-9-5-8(10(12)15-14-9)16-7-3-1-2-6(13)4-7/h1-5H. The molecule has 1 heterocycles. The van der Waals surface area contributed by atoms with E-state index in [4.69, 9.17) is 27.9 Å². The molecule has 0 radical (unpaired) electrons. The number of aromatic nitrogens is 2. The smallest absolute Gasteiger partial charge is 0.194 e. The van der Waals surface area contributed by atoms with Gasteiger partial charge in [-0.3, -0.25) is 0 Å². The van der Waals surface area contributed by atoms with E-state index < -0.39 is 0 Å². The number of rotatable bonds is 2. The van der Waals surface area contributed by atoms with Gasteiger partial charge < -0.3 is 4.74 Å². The fourth-order valence-corrected chi connectivity index (χ4v) is 1.85. The van der Waals surface area contributed by atoms with Gasteiger partial charge in [-0.25, -0.2) is 0 Å². The van der Waals surface area contributed by atoms with Crippen LogP contribution in [0, 0.1) is 3.57 Å².